The van der Waals surface area contributed by atoms with Crippen LogP contribution in [0.4, 0.5) is 5.69 Å². The van der Waals surface area contributed by atoms with Crippen LogP contribution >= 0.6 is 11.3 Å². The lowest BCUT2D eigenvalue weighted by molar-refractivity contribution is -0.113. The number of rotatable bonds is 6. The van der Waals surface area contributed by atoms with Crippen molar-refractivity contribution in [2.45, 2.75) is 0 Å². The van der Waals surface area contributed by atoms with E-state index in [4.69, 9.17) is 9.15 Å². The van der Waals surface area contributed by atoms with E-state index in [2.05, 4.69) is 10.6 Å². The van der Waals surface area contributed by atoms with Gasteiger partial charge in [0, 0.05) is 33.0 Å². The number of hydrogen-bond acceptors (Lipinski definition) is 5. The zero-order valence-corrected chi connectivity index (χ0v) is 19.0. The minimum absolute atomic E-state index is 0.132. The van der Waals surface area contributed by atoms with Crippen molar-refractivity contribution < 1.29 is 18.7 Å². The third-order valence-corrected chi connectivity index (χ3v) is 6.13. The summed E-state index contributed by atoms with van der Waals surface area (Å²) in [5.41, 5.74) is 2.56. The highest BCUT2D eigenvalue weighted by atomic mass is 32.1. The molecule has 6 nitrogen and oxygen atoms in total. The molecule has 0 saturated carbocycles. The number of carbonyl (C=O) groups is 2. The Hall–Kier alpha value is -4.36. The molecule has 3 aromatic carbocycles. The van der Waals surface area contributed by atoms with Gasteiger partial charge in [-0.05, 0) is 60.0 Å². The van der Waals surface area contributed by atoms with E-state index >= 15 is 0 Å². The number of ether oxygens (including phenoxy) is 1. The molecular weight excluding hydrogens is 448 g/mol. The first-order chi connectivity index (χ1) is 16.6. The van der Waals surface area contributed by atoms with E-state index in [1.165, 1.54) is 11.3 Å². The van der Waals surface area contributed by atoms with Gasteiger partial charge in [0.05, 0.1) is 7.11 Å². The Balaban J connectivity index is 1.41. The number of furan rings is 1. The van der Waals surface area contributed by atoms with Crippen LogP contribution in [0.1, 0.15) is 15.2 Å². The molecular formula is C27H20N2O4S. The van der Waals surface area contributed by atoms with Gasteiger partial charge >= 0.3 is 0 Å². The lowest BCUT2D eigenvalue weighted by Crippen LogP contribution is -2.30. The number of carbonyl (C=O) groups excluding carboxylic acids is 2. The largest absolute Gasteiger partial charge is 0.497 e. The van der Waals surface area contributed by atoms with Crippen LogP contribution in [0.3, 0.4) is 0 Å². The summed E-state index contributed by atoms with van der Waals surface area (Å²) in [6, 6.07) is 23.7. The molecule has 0 radical (unpaired) electrons. The quantitative estimate of drug-likeness (QED) is 0.297. The van der Waals surface area contributed by atoms with Gasteiger partial charge in [0.15, 0.2) is 0 Å². The number of benzene rings is 3. The summed E-state index contributed by atoms with van der Waals surface area (Å²) >= 11 is 1.47. The van der Waals surface area contributed by atoms with Crippen LogP contribution in [0.5, 0.6) is 5.75 Å². The Bertz CT molecular complexity index is 1520. The molecule has 34 heavy (non-hydrogen) atoms. The maximum absolute atomic E-state index is 13.2. The molecule has 0 aliphatic rings. The van der Waals surface area contributed by atoms with E-state index in [-0.39, 0.29) is 5.70 Å². The smallest absolute Gasteiger partial charge is 0.272 e. The minimum atomic E-state index is -0.439. The highest BCUT2D eigenvalue weighted by Crippen LogP contribution is 2.30. The molecule has 2 amide bonds. The van der Waals surface area contributed by atoms with Crippen molar-refractivity contribution in [3.8, 4) is 5.75 Å². The zero-order chi connectivity index (χ0) is 23.5. The fourth-order valence-electron chi connectivity index (χ4n) is 3.61. The Kier molecular flexibility index (Phi) is 5.84. The second-order valence-corrected chi connectivity index (χ2v) is 8.50. The molecule has 2 N–H and O–H groups in total. The van der Waals surface area contributed by atoms with Crippen LogP contribution in [0.2, 0.25) is 0 Å². The number of nitrogens with one attached hydrogen (secondary N) is 2. The molecule has 0 unspecified atom stereocenters. The number of hydrogen-bond donors (Lipinski definition) is 2. The summed E-state index contributed by atoms with van der Waals surface area (Å²) in [5.74, 6) is -0.191. The van der Waals surface area contributed by atoms with Gasteiger partial charge in [-0.3, -0.25) is 9.59 Å². The summed E-state index contributed by atoms with van der Waals surface area (Å²) in [4.78, 5) is 26.8. The van der Waals surface area contributed by atoms with Crippen molar-refractivity contribution in [3.63, 3.8) is 0 Å². The molecule has 0 atom stereocenters. The Morgan fingerprint density at radius 1 is 0.912 bits per heavy atom. The third kappa shape index (κ3) is 4.42. The highest BCUT2D eigenvalue weighted by Gasteiger charge is 2.16. The van der Waals surface area contributed by atoms with E-state index in [0.29, 0.717) is 22.6 Å². The van der Waals surface area contributed by atoms with Gasteiger partial charge < -0.3 is 19.8 Å². The average Bonchev–Trinajstić information content (AvgIpc) is 3.50. The molecule has 0 bridgehead atoms. The normalized spacial score (nSPS) is 11.5. The van der Waals surface area contributed by atoms with E-state index < -0.39 is 11.8 Å². The van der Waals surface area contributed by atoms with Crippen molar-refractivity contribution in [2.24, 2.45) is 0 Å². The molecule has 168 valence electrons. The maximum atomic E-state index is 13.2. The van der Waals surface area contributed by atoms with E-state index in [0.717, 1.165) is 21.2 Å². The van der Waals surface area contributed by atoms with Crippen LogP contribution in [-0.4, -0.2) is 18.9 Å². The van der Waals surface area contributed by atoms with Crippen LogP contribution in [0.15, 0.2) is 94.4 Å². The average molecular weight is 469 g/mol. The predicted molar refractivity (Wildman–Crippen MR) is 135 cm³/mol. The zero-order valence-electron chi connectivity index (χ0n) is 18.2. The van der Waals surface area contributed by atoms with Crippen LogP contribution < -0.4 is 15.4 Å². The molecule has 0 aliphatic heterocycles. The van der Waals surface area contributed by atoms with Crippen molar-refractivity contribution in [1.82, 2.24) is 5.32 Å². The molecule has 2 heterocycles. The third-order valence-electron chi connectivity index (χ3n) is 5.31. The molecule has 0 spiro atoms. The Morgan fingerprint density at radius 3 is 2.47 bits per heavy atom. The fourth-order valence-corrected chi connectivity index (χ4v) is 4.27. The number of methoxy groups -OCH3 is 1. The highest BCUT2D eigenvalue weighted by molar-refractivity contribution is 7.10. The number of anilines is 1. The predicted octanol–water partition coefficient (Wildman–Crippen LogP) is 6.07. The molecule has 5 aromatic rings. The first-order valence-corrected chi connectivity index (χ1v) is 11.4. The molecule has 2 aromatic heterocycles. The second kappa shape index (κ2) is 9.25. The SMILES string of the molecule is COc1ccc(C(=O)N/C(=C\c2cccs2)C(=O)Nc2ccc3c(c2)oc2ccccc23)cc1. The Labute approximate surface area is 199 Å². The lowest BCUT2D eigenvalue weighted by Gasteiger charge is -2.11. The summed E-state index contributed by atoms with van der Waals surface area (Å²) in [6.45, 7) is 0. The van der Waals surface area contributed by atoms with Gasteiger partial charge in [0.25, 0.3) is 11.8 Å². The van der Waals surface area contributed by atoms with Gasteiger partial charge in [-0.2, -0.15) is 0 Å². The van der Waals surface area contributed by atoms with Gasteiger partial charge in [-0.15, -0.1) is 11.3 Å². The first kappa shape index (κ1) is 21.5. The number of thiophene rings is 1. The van der Waals surface area contributed by atoms with Gasteiger partial charge in [-0.1, -0.05) is 24.3 Å². The molecule has 0 saturated heterocycles. The summed E-state index contributed by atoms with van der Waals surface area (Å²) in [6.07, 6.45) is 1.65. The van der Waals surface area contributed by atoms with Crippen molar-refractivity contribution in [3.05, 3.63) is 100 Å². The molecule has 7 heteroatoms. The van der Waals surface area contributed by atoms with Gasteiger partial charge in [-0.25, -0.2) is 0 Å². The van der Waals surface area contributed by atoms with Crippen LogP contribution in [0, 0.1) is 0 Å². The van der Waals surface area contributed by atoms with Crippen molar-refractivity contribution in [1.29, 1.82) is 0 Å². The van der Waals surface area contributed by atoms with Crippen LogP contribution in [0.25, 0.3) is 28.0 Å². The standard InChI is InChI=1S/C27H20N2O4S/c1-32-19-11-8-17(9-12-19)26(30)29-23(16-20-5-4-14-34-20)27(31)28-18-10-13-22-21-6-2-3-7-24(21)33-25(22)15-18/h2-16H,1H3,(H,28,31)(H,29,30)/b23-16-. The van der Waals surface area contributed by atoms with E-state index in [1.807, 2.05) is 53.9 Å². The lowest BCUT2D eigenvalue weighted by atomic mass is 10.1. The number of amides is 2. The van der Waals surface area contributed by atoms with E-state index in [1.54, 1.807) is 43.5 Å². The van der Waals surface area contributed by atoms with E-state index in [9.17, 15) is 9.59 Å². The molecule has 0 aliphatic carbocycles. The summed E-state index contributed by atoms with van der Waals surface area (Å²) in [5, 5.41) is 9.50. The maximum Gasteiger partial charge on any atom is 0.272 e. The van der Waals surface area contributed by atoms with Crippen molar-refractivity contribution >= 4 is 56.9 Å². The molecule has 0 fully saturated rings. The molecule has 5 rings (SSSR count). The van der Waals surface area contributed by atoms with Gasteiger partial charge in [0.1, 0.15) is 22.6 Å². The number of fused-ring (bicyclic) bond motifs is 3. The van der Waals surface area contributed by atoms with Crippen LogP contribution in [-0.2, 0) is 4.79 Å². The number of para-hydroxylation sites is 1. The monoisotopic (exact) mass is 468 g/mol. The first-order valence-electron chi connectivity index (χ1n) is 10.5. The second-order valence-electron chi connectivity index (χ2n) is 7.52. The summed E-state index contributed by atoms with van der Waals surface area (Å²) in [7, 11) is 1.56. The summed E-state index contributed by atoms with van der Waals surface area (Å²) < 4.78 is 11.1. The minimum Gasteiger partial charge on any atom is -0.497 e. The van der Waals surface area contributed by atoms with Gasteiger partial charge in [0.2, 0.25) is 0 Å². The Morgan fingerprint density at radius 2 is 1.71 bits per heavy atom. The van der Waals surface area contributed by atoms with Crippen molar-refractivity contribution in [2.75, 3.05) is 12.4 Å². The topological polar surface area (TPSA) is 80.6 Å². The fraction of sp³-hybridized carbons (Fsp3) is 0.0370.